The minimum Gasteiger partial charge on any atom is -0.501 e. The summed E-state index contributed by atoms with van der Waals surface area (Å²) in [6, 6.07) is 4.84. The first-order valence-electron chi connectivity index (χ1n) is 10.9. The zero-order chi connectivity index (χ0) is 23.2. The van der Waals surface area contributed by atoms with Gasteiger partial charge in [0.05, 0.1) is 5.56 Å². The Morgan fingerprint density at radius 3 is 2.25 bits per heavy atom. The Labute approximate surface area is 183 Å². The number of hydrogen-bond acceptors (Lipinski definition) is 4. The fourth-order valence-corrected chi connectivity index (χ4v) is 4.98. The number of alkyl halides is 3. The number of benzene rings is 1. The predicted molar refractivity (Wildman–Crippen MR) is 112 cm³/mol. The standard InChI is InChI=1S/C23H26F3N3O3/c1-13(2)28-11-12-29-18(22(28)32)19(30)21(31)27-20(29)17(14-5-3-4-6-14)15-7-9-16(10-8-15)23(24,25)26/h7-10,13-14,17,30H,3-6,11-12H2,1-2H3. The lowest BCUT2D eigenvalue weighted by molar-refractivity contribution is -0.137. The van der Waals surface area contributed by atoms with Gasteiger partial charge in [-0.1, -0.05) is 25.0 Å². The molecule has 1 aromatic heterocycles. The molecule has 1 aliphatic heterocycles. The van der Waals surface area contributed by atoms with Gasteiger partial charge in [-0.25, -0.2) is 0 Å². The smallest absolute Gasteiger partial charge is 0.416 e. The highest BCUT2D eigenvalue weighted by Crippen LogP contribution is 2.42. The topological polar surface area (TPSA) is 75.4 Å². The molecule has 0 saturated heterocycles. The van der Waals surface area contributed by atoms with Crippen molar-refractivity contribution >= 4 is 5.91 Å². The molecule has 4 rings (SSSR count). The SMILES string of the molecule is CC(C)N1CCn2c(C(c3ccc(C(F)(F)F)cc3)C3CCCC3)nc(=O)c(O)c2C1=O. The van der Waals surface area contributed by atoms with Crippen LogP contribution in [0, 0.1) is 5.92 Å². The Morgan fingerprint density at radius 1 is 1.06 bits per heavy atom. The first-order chi connectivity index (χ1) is 15.1. The summed E-state index contributed by atoms with van der Waals surface area (Å²) in [5.41, 5.74) is -1.10. The molecular formula is C23H26F3N3O3. The second kappa shape index (κ2) is 8.26. The van der Waals surface area contributed by atoms with Crippen LogP contribution in [0.25, 0.3) is 0 Å². The lowest BCUT2D eigenvalue weighted by Gasteiger charge is -2.36. The normalized spacial score (nSPS) is 18.3. The van der Waals surface area contributed by atoms with E-state index in [1.54, 1.807) is 9.47 Å². The van der Waals surface area contributed by atoms with Crippen molar-refractivity contribution in [1.29, 1.82) is 0 Å². The summed E-state index contributed by atoms with van der Waals surface area (Å²) >= 11 is 0. The Morgan fingerprint density at radius 2 is 1.69 bits per heavy atom. The summed E-state index contributed by atoms with van der Waals surface area (Å²) < 4.78 is 40.8. The van der Waals surface area contributed by atoms with Crippen LogP contribution in [0.1, 0.15) is 72.9 Å². The average Bonchev–Trinajstić information content (AvgIpc) is 3.25. The van der Waals surface area contributed by atoms with Crippen LogP contribution in [0.2, 0.25) is 0 Å². The second-order valence-electron chi connectivity index (χ2n) is 8.86. The number of carbonyl (C=O) groups is 1. The zero-order valence-corrected chi connectivity index (χ0v) is 18.0. The molecule has 2 aromatic rings. The molecule has 2 heterocycles. The van der Waals surface area contributed by atoms with Crippen molar-refractivity contribution < 1.29 is 23.1 Å². The highest BCUT2D eigenvalue weighted by Gasteiger charge is 2.38. The van der Waals surface area contributed by atoms with Gasteiger partial charge in [-0.05, 0) is 50.3 Å². The Kier molecular flexibility index (Phi) is 5.77. The van der Waals surface area contributed by atoms with Crippen molar-refractivity contribution in [2.45, 2.75) is 64.2 Å². The molecule has 1 fully saturated rings. The van der Waals surface area contributed by atoms with Gasteiger partial charge >= 0.3 is 11.7 Å². The number of carbonyl (C=O) groups excluding carboxylic acids is 1. The van der Waals surface area contributed by atoms with E-state index >= 15 is 0 Å². The molecule has 1 atom stereocenters. The number of fused-ring (bicyclic) bond motifs is 1. The second-order valence-corrected chi connectivity index (χ2v) is 8.86. The van der Waals surface area contributed by atoms with Gasteiger partial charge in [0.25, 0.3) is 5.91 Å². The summed E-state index contributed by atoms with van der Waals surface area (Å²) in [5.74, 6) is -1.14. The monoisotopic (exact) mass is 449 g/mol. The number of aromatic hydroxyl groups is 1. The van der Waals surface area contributed by atoms with Crippen LogP contribution in [0.3, 0.4) is 0 Å². The molecule has 9 heteroatoms. The van der Waals surface area contributed by atoms with Crippen molar-refractivity contribution in [2.75, 3.05) is 6.54 Å². The third-order valence-electron chi connectivity index (χ3n) is 6.59. The van der Waals surface area contributed by atoms with Crippen molar-refractivity contribution in [3.05, 3.63) is 57.3 Å². The van der Waals surface area contributed by atoms with Crippen LogP contribution in [-0.4, -0.2) is 38.1 Å². The molecule has 2 aliphatic rings. The van der Waals surface area contributed by atoms with E-state index in [0.717, 1.165) is 37.8 Å². The maximum atomic E-state index is 13.1. The third-order valence-corrected chi connectivity index (χ3v) is 6.59. The molecule has 1 aromatic carbocycles. The quantitative estimate of drug-likeness (QED) is 0.761. The van der Waals surface area contributed by atoms with Gasteiger partial charge in [0.2, 0.25) is 5.75 Å². The predicted octanol–water partition coefficient (Wildman–Crippen LogP) is 4.15. The lowest BCUT2D eigenvalue weighted by atomic mass is 9.83. The Bertz CT molecular complexity index is 1070. The molecule has 0 spiro atoms. The summed E-state index contributed by atoms with van der Waals surface area (Å²) in [6.45, 7) is 4.45. The average molecular weight is 449 g/mol. The summed E-state index contributed by atoms with van der Waals surface area (Å²) in [5, 5.41) is 10.4. The molecule has 1 amide bonds. The molecule has 172 valence electrons. The number of nitrogens with zero attached hydrogens (tertiary/aromatic N) is 3. The Balaban J connectivity index is 1.87. The molecule has 6 nitrogen and oxygen atoms in total. The number of halogens is 3. The number of rotatable bonds is 4. The van der Waals surface area contributed by atoms with E-state index in [1.165, 1.54) is 12.1 Å². The first-order valence-corrected chi connectivity index (χ1v) is 10.9. The number of aromatic nitrogens is 2. The van der Waals surface area contributed by atoms with E-state index in [-0.39, 0.29) is 17.7 Å². The zero-order valence-electron chi connectivity index (χ0n) is 18.0. The van der Waals surface area contributed by atoms with E-state index in [0.29, 0.717) is 24.5 Å². The van der Waals surface area contributed by atoms with E-state index in [9.17, 15) is 27.9 Å². The molecule has 0 radical (unpaired) electrons. The summed E-state index contributed by atoms with van der Waals surface area (Å²) in [7, 11) is 0. The lowest BCUT2D eigenvalue weighted by Crippen LogP contribution is -2.46. The third kappa shape index (κ3) is 3.89. The summed E-state index contributed by atoms with van der Waals surface area (Å²) in [6.07, 6.45) is -0.775. The highest BCUT2D eigenvalue weighted by atomic mass is 19.4. The highest BCUT2D eigenvalue weighted by molar-refractivity contribution is 5.96. The van der Waals surface area contributed by atoms with Gasteiger partial charge in [0.1, 0.15) is 5.82 Å². The van der Waals surface area contributed by atoms with Crippen molar-refractivity contribution in [2.24, 2.45) is 5.92 Å². The summed E-state index contributed by atoms with van der Waals surface area (Å²) in [4.78, 5) is 31.4. The van der Waals surface area contributed by atoms with Gasteiger partial charge in [0.15, 0.2) is 5.69 Å². The van der Waals surface area contributed by atoms with Crippen LogP contribution in [0.4, 0.5) is 13.2 Å². The first kappa shape index (κ1) is 22.4. The van der Waals surface area contributed by atoms with Crippen LogP contribution in [0.5, 0.6) is 5.75 Å². The maximum Gasteiger partial charge on any atom is 0.416 e. The fourth-order valence-electron chi connectivity index (χ4n) is 4.98. The fraction of sp³-hybridized carbons (Fsp3) is 0.522. The molecule has 1 unspecified atom stereocenters. The van der Waals surface area contributed by atoms with Gasteiger partial charge in [0, 0.05) is 25.0 Å². The van der Waals surface area contributed by atoms with E-state index < -0.39 is 34.9 Å². The molecule has 32 heavy (non-hydrogen) atoms. The van der Waals surface area contributed by atoms with Gasteiger partial charge in [-0.3, -0.25) is 9.59 Å². The molecule has 1 aliphatic carbocycles. The minimum atomic E-state index is -4.44. The van der Waals surface area contributed by atoms with Gasteiger partial charge < -0.3 is 14.6 Å². The molecular weight excluding hydrogens is 423 g/mol. The van der Waals surface area contributed by atoms with E-state index in [1.807, 2.05) is 13.8 Å². The van der Waals surface area contributed by atoms with Crippen LogP contribution in [0.15, 0.2) is 29.1 Å². The van der Waals surface area contributed by atoms with Gasteiger partial charge in [-0.2, -0.15) is 18.2 Å². The maximum absolute atomic E-state index is 13.1. The van der Waals surface area contributed by atoms with Crippen molar-refractivity contribution in [3.63, 3.8) is 0 Å². The van der Waals surface area contributed by atoms with E-state index in [4.69, 9.17) is 0 Å². The van der Waals surface area contributed by atoms with Crippen LogP contribution < -0.4 is 5.56 Å². The van der Waals surface area contributed by atoms with E-state index in [2.05, 4.69) is 4.98 Å². The van der Waals surface area contributed by atoms with Crippen molar-refractivity contribution in [3.8, 4) is 5.75 Å². The van der Waals surface area contributed by atoms with Crippen molar-refractivity contribution in [1.82, 2.24) is 14.5 Å². The molecule has 1 saturated carbocycles. The number of amides is 1. The Hall–Kier alpha value is -2.84. The van der Waals surface area contributed by atoms with Crippen LogP contribution in [-0.2, 0) is 12.7 Å². The minimum absolute atomic E-state index is 0.0815. The molecule has 1 N–H and O–H groups in total. The molecule has 0 bridgehead atoms. The largest absolute Gasteiger partial charge is 0.501 e. The number of hydrogen-bond donors (Lipinski definition) is 1. The van der Waals surface area contributed by atoms with Gasteiger partial charge in [-0.15, -0.1) is 0 Å². The van der Waals surface area contributed by atoms with Crippen LogP contribution >= 0.6 is 0 Å².